The van der Waals surface area contributed by atoms with Crippen molar-refractivity contribution in [3.63, 3.8) is 0 Å². The second-order valence-electron chi connectivity index (χ2n) is 6.22. The third kappa shape index (κ3) is 4.27. The third-order valence-electron chi connectivity index (χ3n) is 4.30. The van der Waals surface area contributed by atoms with E-state index >= 15 is 0 Å². The fraction of sp³-hybridized carbons (Fsp3) is 0.647. The van der Waals surface area contributed by atoms with Crippen molar-refractivity contribution < 1.29 is 4.74 Å². The van der Waals surface area contributed by atoms with E-state index in [1.165, 1.54) is 24.0 Å². The van der Waals surface area contributed by atoms with Crippen LogP contribution < -0.4 is 5.73 Å². The fourth-order valence-corrected chi connectivity index (χ4v) is 3.35. The molecule has 0 amide bonds. The monoisotopic (exact) mass is 291 g/mol. The van der Waals surface area contributed by atoms with Gasteiger partial charge in [-0.05, 0) is 44.6 Å². The highest BCUT2D eigenvalue weighted by Crippen LogP contribution is 2.29. The van der Waals surface area contributed by atoms with E-state index in [9.17, 15) is 0 Å². The summed E-state index contributed by atoms with van der Waals surface area (Å²) in [6.07, 6.45) is 2.55. The Morgan fingerprint density at radius 3 is 2.62 bits per heavy atom. The van der Waals surface area contributed by atoms with Crippen LogP contribution in [0.4, 0.5) is 0 Å². The topological polar surface area (TPSA) is 41.7 Å². The summed E-state index contributed by atoms with van der Waals surface area (Å²) in [5.74, 6) is 0. The van der Waals surface area contributed by atoms with Gasteiger partial charge in [0.05, 0.1) is 6.61 Å². The van der Waals surface area contributed by atoms with Gasteiger partial charge in [-0.15, -0.1) is 0 Å². The summed E-state index contributed by atoms with van der Waals surface area (Å²) >= 11 is 0. The number of hydrogen-bond donors (Lipinski definition) is 1. The van der Waals surface area contributed by atoms with Gasteiger partial charge in [0.1, 0.15) is 0 Å². The highest BCUT2D eigenvalue weighted by molar-refractivity contribution is 5.25. The molecule has 1 aromatic rings. The molecule has 1 saturated heterocycles. The Balaban J connectivity index is 2.10. The maximum atomic E-state index is 6.09. The minimum Gasteiger partial charge on any atom is -0.380 e. The van der Waals surface area contributed by atoms with Crippen molar-refractivity contribution in [1.82, 2.24) is 9.80 Å². The first-order valence-corrected chi connectivity index (χ1v) is 7.84. The zero-order chi connectivity index (χ0) is 15.2. The van der Waals surface area contributed by atoms with E-state index in [-0.39, 0.29) is 0 Å². The van der Waals surface area contributed by atoms with Crippen molar-refractivity contribution in [2.75, 3.05) is 40.8 Å². The van der Waals surface area contributed by atoms with Gasteiger partial charge in [-0.2, -0.15) is 0 Å². The minimum atomic E-state index is 0.328. The van der Waals surface area contributed by atoms with Crippen molar-refractivity contribution in [2.45, 2.75) is 31.5 Å². The standard InChI is InChI=1S/C17H29N3O/c1-19(2)12-16-5-4-10-20(16)17(11-18)15-8-6-14(7-9-15)13-21-3/h6-9,16-17H,4-5,10-13,18H2,1-3H3. The highest BCUT2D eigenvalue weighted by Gasteiger charge is 2.30. The number of nitrogens with zero attached hydrogens (tertiary/aromatic N) is 2. The van der Waals surface area contributed by atoms with Gasteiger partial charge in [0.15, 0.2) is 0 Å². The zero-order valence-electron chi connectivity index (χ0n) is 13.6. The Hall–Kier alpha value is -0.940. The van der Waals surface area contributed by atoms with Crippen molar-refractivity contribution >= 4 is 0 Å². The lowest BCUT2D eigenvalue weighted by Gasteiger charge is -2.34. The predicted molar refractivity (Wildman–Crippen MR) is 87.2 cm³/mol. The van der Waals surface area contributed by atoms with Crippen molar-refractivity contribution in [3.8, 4) is 0 Å². The Morgan fingerprint density at radius 2 is 2.05 bits per heavy atom. The van der Waals surface area contributed by atoms with Crippen molar-refractivity contribution in [3.05, 3.63) is 35.4 Å². The second-order valence-corrected chi connectivity index (χ2v) is 6.22. The van der Waals surface area contributed by atoms with E-state index in [1.807, 2.05) is 0 Å². The van der Waals surface area contributed by atoms with E-state index in [4.69, 9.17) is 10.5 Å². The number of rotatable bonds is 7. The summed E-state index contributed by atoms with van der Waals surface area (Å²) in [4.78, 5) is 4.86. The molecular weight excluding hydrogens is 262 g/mol. The van der Waals surface area contributed by atoms with E-state index in [1.54, 1.807) is 7.11 Å². The maximum absolute atomic E-state index is 6.09. The summed E-state index contributed by atoms with van der Waals surface area (Å²) in [5.41, 5.74) is 8.63. The van der Waals surface area contributed by atoms with Crippen LogP contribution in [0.1, 0.15) is 30.0 Å². The van der Waals surface area contributed by atoms with E-state index in [0.29, 0.717) is 25.2 Å². The van der Waals surface area contributed by atoms with Crippen LogP contribution in [-0.4, -0.2) is 56.7 Å². The maximum Gasteiger partial charge on any atom is 0.0713 e. The van der Waals surface area contributed by atoms with Crippen LogP contribution in [0.2, 0.25) is 0 Å². The number of benzene rings is 1. The molecule has 2 unspecified atom stereocenters. The lowest BCUT2D eigenvalue weighted by atomic mass is 10.0. The molecule has 0 saturated carbocycles. The SMILES string of the molecule is COCc1ccc(C(CN)N2CCCC2CN(C)C)cc1. The first-order valence-electron chi connectivity index (χ1n) is 7.84. The lowest BCUT2D eigenvalue weighted by molar-refractivity contribution is 0.155. The van der Waals surface area contributed by atoms with E-state index in [0.717, 1.165) is 13.1 Å². The average Bonchev–Trinajstić information content (AvgIpc) is 2.89. The molecular formula is C17H29N3O. The van der Waals surface area contributed by atoms with Gasteiger partial charge in [-0.25, -0.2) is 0 Å². The molecule has 0 spiro atoms. The van der Waals surface area contributed by atoms with Gasteiger partial charge in [0.2, 0.25) is 0 Å². The summed E-state index contributed by atoms with van der Waals surface area (Å²) in [5, 5.41) is 0. The molecule has 118 valence electrons. The van der Waals surface area contributed by atoms with Crippen LogP contribution in [0.15, 0.2) is 24.3 Å². The zero-order valence-corrected chi connectivity index (χ0v) is 13.6. The number of hydrogen-bond acceptors (Lipinski definition) is 4. The summed E-state index contributed by atoms with van der Waals surface area (Å²) < 4.78 is 5.17. The molecule has 1 aliphatic heterocycles. The molecule has 0 bridgehead atoms. The van der Waals surface area contributed by atoms with Gasteiger partial charge < -0.3 is 15.4 Å². The molecule has 1 aliphatic rings. The van der Waals surface area contributed by atoms with Crippen LogP contribution in [0, 0.1) is 0 Å². The average molecular weight is 291 g/mol. The quantitative estimate of drug-likeness (QED) is 0.832. The molecule has 2 atom stereocenters. The Morgan fingerprint density at radius 1 is 1.33 bits per heavy atom. The van der Waals surface area contributed by atoms with Gasteiger partial charge in [0.25, 0.3) is 0 Å². The molecule has 4 heteroatoms. The normalized spacial score (nSPS) is 21.1. The molecule has 4 nitrogen and oxygen atoms in total. The van der Waals surface area contributed by atoms with Crippen molar-refractivity contribution in [2.24, 2.45) is 5.73 Å². The van der Waals surface area contributed by atoms with E-state index < -0.39 is 0 Å². The number of ether oxygens (including phenoxy) is 1. The first-order chi connectivity index (χ1) is 10.2. The lowest BCUT2D eigenvalue weighted by Crippen LogP contribution is -2.42. The summed E-state index contributed by atoms with van der Waals surface area (Å²) in [6.45, 7) is 3.60. The number of likely N-dealkylation sites (tertiary alicyclic amines) is 1. The third-order valence-corrected chi connectivity index (χ3v) is 4.30. The molecule has 0 aromatic heterocycles. The van der Waals surface area contributed by atoms with Gasteiger partial charge in [-0.1, -0.05) is 24.3 Å². The molecule has 0 aliphatic carbocycles. The van der Waals surface area contributed by atoms with Crippen LogP contribution >= 0.6 is 0 Å². The summed E-state index contributed by atoms with van der Waals surface area (Å²) in [6, 6.07) is 9.66. The number of nitrogens with two attached hydrogens (primary N) is 1. The number of likely N-dealkylation sites (N-methyl/N-ethyl adjacent to an activating group) is 1. The molecule has 1 heterocycles. The molecule has 1 aromatic carbocycles. The Labute approximate surface area is 128 Å². The van der Waals surface area contributed by atoms with Crippen LogP contribution in [0.25, 0.3) is 0 Å². The van der Waals surface area contributed by atoms with Crippen LogP contribution in [-0.2, 0) is 11.3 Å². The smallest absolute Gasteiger partial charge is 0.0713 e. The Kier molecular flexibility index (Phi) is 6.18. The van der Waals surface area contributed by atoms with Gasteiger partial charge >= 0.3 is 0 Å². The van der Waals surface area contributed by atoms with Gasteiger partial charge in [-0.3, -0.25) is 4.90 Å². The largest absolute Gasteiger partial charge is 0.380 e. The molecule has 21 heavy (non-hydrogen) atoms. The van der Waals surface area contributed by atoms with Crippen LogP contribution in [0.3, 0.4) is 0 Å². The fourth-order valence-electron chi connectivity index (χ4n) is 3.35. The predicted octanol–water partition coefficient (Wildman–Crippen LogP) is 1.86. The summed E-state index contributed by atoms with van der Waals surface area (Å²) in [7, 11) is 6.02. The highest BCUT2D eigenvalue weighted by atomic mass is 16.5. The van der Waals surface area contributed by atoms with E-state index in [2.05, 4.69) is 48.2 Å². The van der Waals surface area contributed by atoms with Crippen LogP contribution in [0.5, 0.6) is 0 Å². The molecule has 2 N–H and O–H groups in total. The molecule has 2 rings (SSSR count). The number of methoxy groups -OCH3 is 1. The molecule has 1 fully saturated rings. The first kappa shape index (κ1) is 16.4. The minimum absolute atomic E-state index is 0.328. The Bertz CT molecular complexity index is 419. The molecule has 0 radical (unpaired) electrons. The van der Waals surface area contributed by atoms with Crippen molar-refractivity contribution in [1.29, 1.82) is 0 Å². The second kappa shape index (κ2) is 7.90. The van der Waals surface area contributed by atoms with Gasteiger partial charge in [0, 0.05) is 32.3 Å².